The van der Waals surface area contributed by atoms with Crippen LogP contribution in [-0.2, 0) is 14.8 Å². The summed E-state index contributed by atoms with van der Waals surface area (Å²) in [6.45, 7) is 0.271. The van der Waals surface area contributed by atoms with Crippen LogP contribution in [0.1, 0.15) is 12.1 Å². The van der Waals surface area contributed by atoms with Crippen LogP contribution in [0, 0.1) is 17.2 Å². The van der Waals surface area contributed by atoms with Gasteiger partial charge in [-0.05, 0) is 18.6 Å². The van der Waals surface area contributed by atoms with Gasteiger partial charge in [-0.15, -0.1) is 0 Å². The highest BCUT2D eigenvalue weighted by Gasteiger charge is 2.36. The summed E-state index contributed by atoms with van der Waals surface area (Å²) >= 11 is 0. The first-order valence-corrected chi connectivity index (χ1v) is 7.05. The molecule has 0 aromatic carbocycles. The standard InChI is InChI=1S/C11H12N4O3S/c12-6-9-10(2-1-4-14-9)19(17,18)15-5-3-8(7-15)11(13)16/h1-2,4,8H,3,5,7H2,(H2,13,16). The molecule has 19 heavy (non-hydrogen) atoms. The minimum Gasteiger partial charge on any atom is -0.369 e. The van der Waals surface area contributed by atoms with Crippen LogP contribution in [0.5, 0.6) is 0 Å². The lowest BCUT2D eigenvalue weighted by molar-refractivity contribution is -0.121. The highest BCUT2D eigenvalue weighted by atomic mass is 32.2. The quantitative estimate of drug-likeness (QED) is 0.797. The van der Waals surface area contributed by atoms with Gasteiger partial charge in [0.15, 0.2) is 5.69 Å². The molecule has 2 rings (SSSR count). The number of sulfonamides is 1. The Hall–Kier alpha value is -1.98. The number of nitriles is 1. The molecule has 0 radical (unpaired) electrons. The first-order chi connectivity index (χ1) is 8.96. The Morgan fingerprint density at radius 3 is 2.89 bits per heavy atom. The molecule has 7 nitrogen and oxygen atoms in total. The summed E-state index contributed by atoms with van der Waals surface area (Å²) in [4.78, 5) is 14.7. The van der Waals surface area contributed by atoms with E-state index in [9.17, 15) is 13.2 Å². The van der Waals surface area contributed by atoms with Crippen molar-refractivity contribution in [3.8, 4) is 6.07 Å². The smallest absolute Gasteiger partial charge is 0.245 e. The zero-order chi connectivity index (χ0) is 14.0. The molecule has 1 aliphatic heterocycles. The molecule has 1 saturated heterocycles. The SMILES string of the molecule is N#Cc1ncccc1S(=O)(=O)N1CCC(C(N)=O)C1. The largest absolute Gasteiger partial charge is 0.369 e. The van der Waals surface area contributed by atoms with Crippen molar-refractivity contribution in [2.45, 2.75) is 11.3 Å². The van der Waals surface area contributed by atoms with Crippen LogP contribution < -0.4 is 5.73 Å². The first kappa shape index (κ1) is 13.5. The fourth-order valence-electron chi connectivity index (χ4n) is 2.00. The number of nitrogens with zero attached hydrogens (tertiary/aromatic N) is 3. The summed E-state index contributed by atoms with van der Waals surface area (Å²) < 4.78 is 25.9. The number of aromatic nitrogens is 1. The molecule has 1 aromatic heterocycles. The summed E-state index contributed by atoms with van der Waals surface area (Å²) in [5, 5.41) is 8.90. The molecule has 0 aliphatic carbocycles. The fraction of sp³-hybridized carbons (Fsp3) is 0.364. The van der Waals surface area contributed by atoms with Gasteiger partial charge in [-0.25, -0.2) is 13.4 Å². The second-order valence-electron chi connectivity index (χ2n) is 4.21. The molecular weight excluding hydrogens is 268 g/mol. The van der Waals surface area contributed by atoms with Crippen molar-refractivity contribution in [1.82, 2.24) is 9.29 Å². The summed E-state index contributed by atoms with van der Waals surface area (Å²) in [5.41, 5.74) is 5.02. The van der Waals surface area contributed by atoms with Crippen molar-refractivity contribution in [1.29, 1.82) is 5.26 Å². The summed E-state index contributed by atoms with van der Waals surface area (Å²) in [6.07, 6.45) is 1.75. The average molecular weight is 280 g/mol. The van der Waals surface area contributed by atoms with Gasteiger partial charge in [-0.1, -0.05) is 0 Å². The number of pyridine rings is 1. The number of hydrogen-bond acceptors (Lipinski definition) is 5. The molecule has 2 heterocycles. The van der Waals surface area contributed by atoms with Crippen LogP contribution in [0.4, 0.5) is 0 Å². The molecule has 1 aliphatic rings. The molecule has 1 fully saturated rings. The van der Waals surface area contributed by atoms with Gasteiger partial charge in [0.2, 0.25) is 15.9 Å². The molecule has 1 aromatic rings. The van der Waals surface area contributed by atoms with Crippen LogP contribution in [-0.4, -0.2) is 36.7 Å². The highest BCUT2D eigenvalue weighted by Crippen LogP contribution is 2.25. The van der Waals surface area contributed by atoms with E-state index in [4.69, 9.17) is 11.0 Å². The van der Waals surface area contributed by atoms with E-state index >= 15 is 0 Å². The summed E-state index contributed by atoms with van der Waals surface area (Å²) in [5.74, 6) is -0.985. The third-order valence-corrected chi connectivity index (χ3v) is 4.94. The number of carbonyl (C=O) groups excluding carboxylic acids is 1. The topological polar surface area (TPSA) is 117 Å². The van der Waals surface area contributed by atoms with E-state index in [-0.39, 0.29) is 23.7 Å². The normalized spacial score (nSPS) is 20.1. The van der Waals surface area contributed by atoms with E-state index in [1.165, 1.54) is 22.6 Å². The van der Waals surface area contributed by atoms with Crippen molar-refractivity contribution in [3.63, 3.8) is 0 Å². The molecule has 1 atom stereocenters. The van der Waals surface area contributed by atoms with Gasteiger partial charge in [0.05, 0.1) is 5.92 Å². The van der Waals surface area contributed by atoms with Gasteiger partial charge in [0.1, 0.15) is 11.0 Å². The highest BCUT2D eigenvalue weighted by molar-refractivity contribution is 7.89. The number of primary amides is 1. The monoisotopic (exact) mass is 280 g/mol. The Labute approximate surface area is 110 Å². The third kappa shape index (κ3) is 2.43. The Kier molecular flexibility index (Phi) is 3.50. The van der Waals surface area contributed by atoms with E-state index in [0.717, 1.165) is 0 Å². The van der Waals surface area contributed by atoms with E-state index in [1.807, 2.05) is 0 Å². The van der Waals surface area contributed by atoms with Gasteiger partial charge in [0, 0.05) is 19.3 Å². The number of carbonyl (C=O) groups is 1. The Bertz CT molecular complexity index is 650. The van der Waals surface area contributed by atoms with E-state index in [2.05, 4.69) is 4.98 Å². The lowest BCUT2D eigenvalue weighted by atomic mass is 10.1. The summed E-state index contributed by atoms with van der Waals surface area (Å²) in [6, 6.07) is 4.54. The number of nitrogens with two attached hydrogens (primary N) is 1. The second-order valence-corrected chi connectivity index (χ2v) is 6.12. The predicted molar refractivity (Wildman–Crippen MR) is 65.0 cm³/mol. The van der Waals surface area contributed by atoms with Crippen LogP contribution in [0.3, 0.4) is 0 Å². The molecule has 2 N–H and O–H groups in total. The zero-order valence-corrected chi connectivity index (χ0v) is 10.8. The molecule has 0 bridgehead atoms. The van der Waals surface area contributed by atoms with Gasteiger partial charge >= 0.3 is 0 Å². The maximum absolute atomic E-state index is 12.4. The lowest BCUT2D eigenvalue weighted by Crippen LogP contribution is -2.32. The molecule has 100 valence electrons. The minimum atomic E-state index is -3.81. The zero-order valence-electron chi connectivity index (χ0n) is 9.98. The van der Waals surface area contributed by atoms with Crippen LogP contribution in [0.25, 0.3) is 0 Å². The molecule has 1 unspecified atom stereocenters. The van der Waals surface area contributed by atoms with Crippen molar-refractivity contribution in [2.75, 3.05) is 13.1 Å². The maximum Gasteiger partial charge on any atom is 0.245 e. The van der Waals surface area contributed by atoms with Gasteiger partial charge in [-0.2, -0.15) is 9.57 Å². The fourth-order valence-corrected chi connectivity index (χ4v) is 3.59. The first-order valence-electron chi connectivity index (χ1n) is 5.61. The Morgan fingerprint density at radius 2 is 2.32 bits per heavy atom. The Balaban J connectivity index is 2.35. The molecule has 1 amide bonds. The van der Waals surface area contributed by atoms with Crippen LogP contribution >= 0.6 is 0 Å². The second kappa shape index (κ2) is 4.95. The number of amides is 1. The van der Waals surface area contributed by atoms with Crippen molar-refractivity contribution < 1.29 is 13.2 Å². The van der Waals surface area contributed by atoms with Gasteiger partial charge in [0.25, 0.3) is 0 Å². The third-order valence-electron chi connectivity index (χ3n) is 3.05. The van der Waals surface area contributed by atoms with E-state index in [1.54, 1.807) is 6.07 Å². The van der Waals surface area contributed by atoms with Gasteiger partial charge < -0.3 is 5.73 Å². The number of rotatable bonds is 3. The van der Waals surface area contributed by atoms with Gasteiger partial charge in [-0.3, -0.25) is 4.79 Å². The number of hydrogen-bond donors (Lipinski definition) is 1. The predicted octanol–water partition coefficient (Wildman–Crippen LogP) is -0.551. The minimum absolute atomic E-state index is 0.0530. The van der Waals surface area contributed by atoms with Crippen molar-refractivity contribution >= 4 is 15.9 Å². The van der Waals surface area contributed by atoms with E-state index in [0.29, 0.717) is 6.42 Å². The maximum atomic E-state index is 12.4. The van der Waals surface area contributed by atoms with Crippen molar-refractivity contribution in [2.24, 2.45) is 11.7 Å². The molecule has 0 saturated carbocycles. The van der Waals surface area contributed by atoms with Crippen LogP contribution in [0.2, 0.25) is 0 Å². The lowest BCUT2D eigenvalue weighted by Gasteiger charge is -2.16. The molecule has 0 spiro atoms. The summed E-state index contributed by atoms with van der Waals surface area (Å²) in [7, 11) is -3.81. The van der Waals surface area contributed by atoms with Crippen molar-refractivity contribution in [3.05, 3.63) is 24.0 Å². The molecular formula is C11H12N4O3S. The molecule has 8 heteroatoms. The Morgan fingerprint density at radius 1 is 1.58 bits per heavy atom. The van der Waals surface area contributed by atoms with Crippen LogP contribution in [0.15, 0.2) is 23.2 Å². The average Bonchev–Trinajstić information content (AvgIpc) is 2.89. The van der Waals surface area contributed by atoms with E-state index < -0.39 is 21.8 Å².